The molecule has 2 N–H and O–H groups in total. The number of hydrogen-bond donors (Lipinski definition) is 2. The Morgan fingerprint density at radius 3 is 2.56 bits per heavy atom. The molecule has 1 rings (SSSR count). The third-order valence-corrected chi connectivity index (χ3v) is 4.90. The molecular weight excluding hydrogens is 306 g/mol. The number of allylic oxidation sites excluding steroid dienone is 1. The largest absolute Gasteiger partial charge is 0.353 e. The van der Waals surface area contributed by atoms with Gasteiger partial charge >= 0.3 is 0 Å². The SMILES string of the molecule is CCC1=CNC=NCCCCCC1.CCCCNCCCC(C)CC. The number of nitrogens with zero attached hydrogens (tertiary/aromatic N) is 1. The fourth-order valence-electron chi connectivity index (χ4n) is 2.74. The normalized spacial score (nSPS) is 16.7. The lowest BCUT2D eigenvalue weighted by Crippen LogP contribution is -2.16. The van der Waals surface area contributed by atoms with Crippen LogP contribution in [0, 0.1) is 5.92 Å². The second kappa shape index (κ2) is 19.5. The van der Waals surface area contributed by atoms with E-state index in [1.807, 2.05) is 6.34 Å². The molecule has 0 aromatic rings. The summed E-state index contributed by atoms with van der Waals surface area (Å²) < 4.78 is 0. The first kappa shape index (κ1) is 24.2. The zero-order chi connectivity index (χ0) is 18.6. The second-order valence-electron chi connectivity index (χ2n) is 7.28. The zero-order valence-electron chi connectivity index (χ0n) is 17.6. The quantitative estimate of drug-likeness (QED) is 0.495. The van der Waals surface area contributed by atoms with Crippen molar-refractivity contribution in [2.45, 2.75) is 98.3 Å². The lowest BCUT2D eigenvalue weighted by Gasteiger charge is -2.08. The van der Waals surface area contributed by atoms with E-state index in [4.69, 9.17) is 0 Å². The molecule has 3 nitrogen and oxygen atoms in total. The van der Waals surface area contributed by atoms with Crippen LogP contribution in [0.1, 0.15) is 98.3 Å². The van der Waals surface area contributed by atoms with Crippen molar-refractivity contribution in [3.63, 3.8) is 0 Å². The molecule has 0 aromatic heterocycles. The van der Waals surface area contributed by atoms with Crippen LogP contribution >= 0.6 is 0 Å². The van der Waals surface area contributed by atoms with Crippen molar-refractivity contribution in [1.29, 1.82) is 0 Å². The van der Waals surface area contributed by atoms with Gasteiger partial charge in [-0.1, -0.05) is 59.0 Å². The molecule has 0 bridgehead atoms. The van der Waals surface area contributed by atoms with Crippen molar-refractivity contribution in [1.82, 2.24) is 10.6 Å². The van der Waals surface area contributed by atoms with Crippen LogP contribution in [0.2, 0.25) is 0 Å². The number of unbranched alkanes of at least 4 members (excludes halogenated alkanes) is 1. The van der Waals surface area contributed by atoms with Gasteiger partial charge in [0.25, 0.3) is 0 Å². The Morgan fingerprint density at radius 2 is 1.84 bits per heavy atom. The van der Waals surface area contributed by atoms with E-state index in [1.165, 1.54) is 82.9 Å². The average molecular weight is 352 g/mol. The van der Waals surface area contributed by atoms with Crippen molar-refractivity contribution in [3.8, 4) is 0 Å². The third kappa shape index (κ3) is 17.8. The molecule has 0 aliphatic carbocycles. The van der Waals surface area contributed by atoms with Gasteiger partial charge in [0, 0.05) is 12.7 Å². The second-order valence-corrected chi connectivity index (χ2v) is 7.28. The van der Waals surface area contributed by atoms with E-state index in [0.717, 1.165) is 18.9 Å². The number of aliphatic imine (C=N–C) groups is 1. The van der Waals surface area contributed by atoms with Crippen molar-refractivity contribution in [2.24, 2.45) is 10.9 Å². The van der Waals surface area contributed by atoms with E-state index in [9.17, 15) is 0 Å². The highest BCUT2D eigenvalue weighted by Gasteiger charge is 1.97. The lowest BCUT2D eigenvalue weighted by molar-refractivity contribution is 0.479. The van der Waals surface area contributed by atoms with Crippen LogP contribution in [0.25, 0.3) is 0 Å². The van der Waals surface area contributed by atoms with E-state index in [1.54, 1.807) is 0 Å². The van der Waals surface area contributed by atoms with Crippen molar-refractivity contribution in [2.75, 3.05) is 19.6 Å². The molecule has 1 heterocycles. The molecule has 0 amide bonds. The molecule has 0 spiro atoms. The monoisotopic (exact) mass is 351 g/mol. The summed E-state index contributed by atoms with van der Waals surface area (Å²) >= 11 is 0. The number of hydrogen-bond acceptors (Lipinski definition) is 3. The average Bonchev–Trinajstić information content (AvgIpc) is 2.70. The molecular formula is C22H45N3. The Hall–Kier alpha value is -0.830. The van der Waals surface area contributed by atoms with Gasteiger partial charge in [-0.15, -0.1) is 0 Å². The molecule has 0 radical (unpaired) electrons. The van der Waals surface area contributed by atoms with Gasteiger partial charge < -0.3 is 10.6 Å². The minimum absolute atomic E-state index is 0.915. The van der Waals surface area contributed by atoms with Crippen LogP contribution in [0.3, 0.4) is 0 Å². The molecule has 1 aliphatic heterocycles. The minimum atomic E-state index is 0.915. The third-order valence-electron chi connectivity index (χ3n) is 4.90. The Kier molecular flexibility index (Phi) is 18.8. The maximum Gasteiger partial charge on any atom is 0.0863 e. The summed E-state index contributed by atoms with van der Waals surface area (Å²) in [5, 5.41) is 6.60. The molecule has 0 fully saturated rings. The van der Waals surface area contributed by atoms with E-state index in [0.29, 0.717) is 0 Å². The Morgan fingerprint density at radius 1 is 1.08 bits per heavy atom. The first-order valence-electron chi connectivity index (χ1n) is 10.9. The summed E-state index contributed by atoms with van der Waals surface area (Å²) in [6.07, 6.45) is 18.3. The number of rotatable bonds is 9. The van der Waals surface area contributed by atoms with Gasteiger partial charge in [-0.25, -0.2) is 0 Å². The van der Waals surface area contributed by atoms with E-state index >= 15 is 0 Å². The van der Waals surface area contributed by atoms with Gasteiger partial charge in [-0.05, 0) is 64.0 Å². The summed E-state index contributed by atoms with van der Waals surface area (Å²) in [4.78, 5) is 4.26. The highest BCUT2D eigenvalue weighted by atomic mass is 14.9. The molecule has 1 aliphatic rings. The van der Waals surface area contributed by atoms with Gasteiger partial charge in [-0.3, -0.25) is 4.99 Å². The maximum atomic E-state index is 4.26. The van der Waals surface area contributed by atoms with E-state index < -0.39 is 0 Å². The Labute approximate surface area is 158 Å². The molecule has 0 aromatic carbocycles. The van der Waals surface area contributed by atoms with Crippen molar-refractivity contribution >= 4 is 6.34 Å². The topological polar surface area (TPSA) is 36.4 Å². The van der Waals surface area contributed by atoms with E-state index in [-0.39, 0.29) is 0 Å². The molecule has 0 saturated heterocycles. The fraction of sp³-hybridized carbons (Fsp3) is 0.864. The van der Waals surface area contributed by atoms with E-state index in [2.05, 4.69) is 49.5 Å². The smallest absolute Gasteiger partial charge is 0.0863 e. The van der Waals surface area contributed by atoms with Crippen LogP contribution in [0.15, 0.2) is 16.8 Å². The minimum Gasteiger partial charge on any atom is -0.353 e. The highest BCUT2D eigenvalue weighted by molar-refractivity contribution is 5.55. The van der Waals surface area contributed by atoms with Gasteiger partial charge in [0.1, 0.15) is 0 Å². The fourth-order valence-corrected chi connectivity index (χ4v) is 2.74. The molecule has 1 unspecified atom stereocenters. The van der Waals surface area contributed by atoms with Crippen LogP contribution in [0.5, 0.6) is 0 Å². The Balaban J connectivity index is 0.000000463. The summed E-state index contributed by atoms with van der Waals surface area (Å²) in [6, 6.07) is 0. The molecule has 148 valence electrons. The summed E-state index contributed by atoms with van der Waals surface area (Å²) in [5.41, 5.74) is 1.51. The zero-order valence-corrected chi connectivity index (χ0v) is 17.6. The first-order valence-corrected chi connectivity index (χ1v) is 10.9. The molecule has 0 saturated carbocycles. The maximum absolute atomic E-state index is 4.26. The summed E-state index contributed by atoms with van der Waals surface area (Å²) in [7, 11) is 0. The lowest BCUT2D eigenvalue weighted by atomic mass is 10.0. The Bertz CT molecular complexity index is 323. The van der Waals surface area contributed by atoms with Gasteiger partial charge in [0.05, 0.1) is 6.34 Å². The predicted molar refractivity (Wildman–Crippen MR) is 114 cm³/mol. The summed E-state index contributed by atoms with van der Waals surface area (Å²) in [6.45, 7) is 12.5. The number of nitrogens with one attached hydrogen (secondary N) is 2. The van der Waals surface area contributed by atoms with Crippen molar-refractivity contribution < 1.29 is 0 Å². The molecule has 1 atom stereocenters. The molecule has 3 heteroatoms. The van der Waals surface area contributed by atoms with Crippen molar-refractivity contribution in [3.05, 3.63) is 11.8 Å². The van der Waals surface area contributed by atoms with Crippen LogP contribution in [-0.4, -0.2) is 26.0 Å². The highest BCUT2D eigenvalue weighted by Crippen LogP contribution is 2.12. The van der Waals surface area contributed by atoms with Gasteiger partial charge in [0.15, 0.2) is 0 Å². The van der Waals surface area contributed by atoms with Gasteiger partial charge in [0.2, 0.25) is 0 Å². The summed E-state index contributed by atoms with van der Waals surface area (Å²) in [5.74, 6) is 0.915. The predicted octanol–water partition coefficient (Wildman–Crippen LogP) is 6.06. The molecule has 25 heavy (non-hydrogen) atoms. The standard InChI is InChI=1S/C11H20N2.C11H25N/c1-2-11-7-5-3-4-6-8-12-10-13-9-11;1-4-6-9-12-10-7-8-11(3)5-2/h9-10H,2-8H2,1H3,(H,12,13);11-12H,4-10H2,1-3H3. The van der Waals surface area contributed by atoms with Crippen LogP contribution < -0.4 is 10.6 Å². The van der Waals surface area contributed by atoms with Crippen LogP contribution in [0.4, 0.5) is 0 Å². The van der Waals surface area contributed by atoms with Crippen LogP contribution in [-0.2, 0) is 0 Å². The first-order chi connectivity index (χ1) is 12.2. The van der Waals surface area contributed by atoms with Gasteiger partial charge in [-0.2, -0.15) is 0 Å².